The summed E-state index contributed by atoms with van der Waals surface area (Å²) < 4.78 is 75.3. The average Bonchev–Trinajstić information content (AvgIpc) is 3.56. The van der Waals surface area contributed by atoms with Crippen LogP contribution < -0.4 is 9.46 Å². The van der Waals surface area contributed by atoms with Crippen LogP contribution in [0.4, 0.5) is 0 Å². The summed E-state index contributed by atoms with van der Waals surface area (Å²) in [6.45, 7) is 13.9. The van der Waals surface area contributed by atoms with Gasteiger partial charge in [-0.05, 0) is 79.3 Å². The van der Waals surface area contributed by atoms with Crippen LogP contribution in [0, 0.1) is 29.6 Å². The Bertz CT molecular complexity index is 1990. The summed E-state index contributed by atoms with van der Waals surface area (Å²) in [4.78, 5) is 48.0. The van der Waals surface area contributed by atoms with Crippen LogP contribution in [0.3, 0.4) is 0 Å². The third kappa shape index (κ3) is 10.2. The lowest BCUT2D eigenvalue weighted by molar-refractivity contribution is -0.302. The minimum absolute atomic E-state index is 0.0236. The van der Waals surface area contributed by atoms with E-state index >= 15 is 0 Å². The molecule has 0 aliphatic carbocycles. The molecule has 16 nitrogen and oxygen atoms in total. The predicted molar refractivity (Wildman–Crippen MR) is 225 cm³/mol. The van der Waals surface area contributed by atoms with Crippen molar-refractivity contribution in [3.05, 3.63) is 48.7 Å². The number of benzene rings is 1. The molecular formula is C45H65N3O13S. The van der Waals surface area contributed by atoms with Gasteiger partial charge in [-0.15, -0.1) is 0 Å². The molecule has 15 atom stereocenters. The zero-order valence-corrected chi connectivity index (χ0v) is 38.3. The van der Waals surface area contributed by atoms with E-state index in [-0.39, 0.29) is 54.8 Å². The number of nitrogens with one attached hydrogen (secondary N) is 1. The predicted octanol–water partition coefficient (Wildman–Crippen LogP) is 4.67. The maximum Gasteiger partial charge on any atom is 0.311 e. The van der Waals surface area contributed by atoms with Crippen molar-refractivity contribution in [2.45, 2.75) is 146 Å². The molecule has 0 radical (unpaired) electrons. The normalized spacial score (nSPS) is 38.8. The molecule has 0 amide bonds. The van der Waals surface area contributed by atoms with Crippen molar-refractivity contribution in [1.82, 2.24) is 14.6 Å². The summed E-state index contributed by atoms with van der Waals surface area (Å²) in [5, 5.41) is 11.7. The van der Waals surface area contributed by atoms with Crippen molar-refractivity contribution in [3.63, 3.8) is 0 Å². The van der Waals surface area contributed by atoms with E-state index in [2.05, 4.69) is 9.71 Å². The quantitative estimate of drug-likeness (QED) is 0.329. The first-order valence-corrected chi connectivity index (χ1v) is 23.2. The van der Waals surface area contributed by atoms with Gasteiger partial charge in [-0.2, -0.15) is 0 Å². The lowest BCUT2D eigenvalue weighted by atomic mass is 9.70. The van der Waals surface area contributed by atoms with Gasteiger partial charge < -0.3 is 43.2 Å². The topological polar surface area (TPSA) is 198 Å². The second kappa shape index (κ2) is 19.3. The molecule has 344 valence electrons. The van der Waals surface area contributed by atoms with Crippen molar-refractivity contribution < 1.29 is 61.1 Å². The zero-order chi connectivity index (χ0) is 45.3. The molecule has 17 heteroatoms. The largest absolute Gasteiger partial charge is 0.458 e. The number of carbonyl (C=O) groups excluding carboxylic acids is 3. The lowest BCUT2D eigenvalue weighted by Gasteiger charge is -2.48. The second-order valence-electron chi connectivity index (χ2n) is 18.4. The maximum absolute atomic E-state index is 14.6. The Hall–Kier alpha value is -3.55. The number of hydrogen-bond acceptors (Lipinski definition) is 15. The van der Waals surface area contributed by atoms with E-state index in [1.54, 1.807) is 46.8 Å². The fraction of sp³-hybridized carbons (Fsp3) is 0.689. The fourth-order valence-electron chi connectivity index (χ4n) is 9.99. The fourth-order valence-corrected chi connectivity index (χ4v) is 11.1. The number of Topliss-reactive ketones (excluding diaryl/α,β-unsaturated/α-hetero) is 1. The number of rotatable bonds is 9. The molecule has 0 saturated carbocycles. The van der Waals surface area contributed by atoms with Gasteiger partial charge in [0.2, 0.25) is 15.9 Å². The number of esters is 2. The number of likely N-dealkylation sites (N-methyl/N-ethyl adjacent to an activating group) is 1. The summed E-state index contributed by atoms with van der Waals surface area (Å²) >= 11 is 0. The standard InChI is InChI=1S/C45H65N3O13S/c1-11-35-45(8)33(20-37(49)61-45)27(4)38(50)25(2)21-44(7)41(60-43-39(51)34(48(9)10)19-26(3)57-43)28(5)40(29(6)42(52)59-35)55-23-30(24-56-44)47-62(53,54)32-17-18-36(46-22-32)58-31-15-13-12-14-16-31/h12-18,22,25-30,33-35,39-41,43,47,51H,11,19-21,23-24H2,1-10H3/t25-,26-,27-,28+,29-,30?,33+,34+,35-,39-,40+,41-,43+,44-,45+/m1/s1. The Morgan fingerprint density at radius 2 is 1.69 bits per heavy atom. The highest BCUT2D eigenvalue weighted by Crippen LogP contribution is 2.46. The van der Waals surface area contributed by atoms with Crippen molar-refractivity contribution in [1.29, 1.82) is 0 Å². The molecule has 4 saturated heterocycles. The third-order valence-electron chi connectivity index (χ3n) is 13.4. The Morgan fingerprint density at radius 3 is 2.34 bits per heavy atom. The molecule has 1 unspecified atom stereocenters. The minimum atomic E-state index is -4.24. The van der Waals surface area contributed by atoms with E-state index in [1.165, 1.54) is 18.3 Å². The number of pyridine rings is 1. The van der Waals surface area contributed by atoms with Crippen LogP contribution in [0.2, 0.25) is 0 Å². The lowest BCUT2D eigenvalue weighted by Crippen LogP contribution is -2.60. The number of carbonyl (C=O) groups is 3. The summed E-state index contributed by atoms with van der Waals surface area (Å²) in [5.74, 6) is -4.18. The van der Waals surface area contributed by atoms with Crippen LogP contribution >= 0.6 is 0 Å². The Morgan fingerprint density at radius 1 is 0.984 bits per heavy atom. The molecular weight excluding hydrogens is 823 g/mol. The van der Waals surface area contributed by atoms with Crippen molar-refractivity contribution in [3.8, 4) is 11.6 Å². The molecule has 6 rings (SSSR count). The Kier molecular flexibility index (Phi) is 14.9. The van der Waals surface area contributed by atoms with Gasteiger partial charge in [0.25, 0.3) is 0 Å². The highest BCUT2D eigenvalue weighted by Gasteiger charge is 2.57. The van der Waals surface area contributed by atoms with Crippen LogP contribution in [0.15, 0.2) is 53.6 Å². The number of fused-ring (bicyclic) bond motifs is 4. The number of para-hydroxylation sites is 1. The highest BCUT2D eigenvalue weighted by molar-refractivity contribution is 7.89. The number of aliphatic hydroxyl groups is 1. The number of cyclic esters (lactones) is 1. The molecule has 4 fully saturated rings. The van der Waals surface area contributed by atoms with Gasteiger partial charge in [0.1, 0.15) is 34.2 Å². The summed E-state index contributed by atoms with van der Waals surface area (Å²) in [7, 11) is -0.499. The molecule has 2 N–H and O–H groups in total. The second-order valence-corrected chi connectivity index (χ2v) is 20.1. The van der Waals surface area contributed by atoms with E-state index < -0.39 is 99.5 Å². The van der Waals surface area contributed by atoms with Gasteiger partial charge in [0, 0.05) is 35.8 Å². The third-order valence-corrected chi connectivity index (χ3v) is 14.9. The number of ether oxygens (including phenoxy) is 7. The first-order valence-electron chi connectivity index (χ1n) is 21.8. The van der Waals surface area contributed by atoms with E-state index in [4.69, 9.17) is 33.2 Å². The first-order chi connectivity index (χ1) is 29.2. The van der Waals surface area contributed by atoms with E-state index in [0.717, 1.165) is 0 Å². The molecule has 2 aromatic rings. The highest BCUT2D eigenvalue weighted by atomic mass is 32.2. The molecule has 4 aliphatic heterocycles. The van der Waals surface area contributed by atoms with Gasteiger partial charge >= 0.3 is 11.9 Å². The summed E-state index contributed by atoms with van der Waals surface area (Å²) in [6, 6.07) is 10.5. The van der Waals surface area contributed by atoms with E-state index in [0.29, 0.717) is 18.6 Å². The SMILES string of the molecule is CC[C@H]1OC(=O)[C@H](C)[C@H]2OCC(NS(=O)(=O)c3ccc(Oc4ccccc4)nc3)CO[C@](C)(C[C@@H](C)C(=O)[C@H](C)[C@@H]3CC(=O)O[C@]13C)[C@H](O[C@@H]1O[C@H](C)C[C@H](N(C)C)[C@H]1O)[C@H]2C. The molecule has 1 aromatic heterocycles. The number of ketones is 1. The molecule has 0 spiro atoms. The number of aromatic nitrogens is 1. The van der Waals surface area contributed by atoms with Gasteiger partial charge in [0.05, 0.1) is 61.7 Å². The molecule has 5 heterocycles. The van der Waals surface area contributed by atoms with Crippen LogP contribution in [0.5, 0.6) is 11.6 Å². The number of nitrogens with zero attached hydrogens (tertiary/aromatic N) is 2. The van der Waals surface area contributed by atoms with Gasteiger partial charge in [-0.1, -0.05) is 45.9 Å². The van der Waals surface area contributed by atoms with Crippen LogP contribution in [0.25, 0.3) is 0 Å². The molecule has 4 aliphatic rings. The van der Waals surface area contributed by atoms with Gasteiger partial charge in [-0.25, -0.2) is 18.1 Å². The summed E-state index contributed by atoms with van der Waals surface area (Å²) in [5.41, 5.74) is -2.66. The monoisotopic (exact) mass is 887 g/mol. The van der Waals surface area contributed by atoms with Crippen LogP contribution in [-0.2, 0) is 52.8 Å². The van der Waals surface area contributed by atoms with E-state index in [1.807, 2.05) is 58.0 Å². The maximum atomic E-state index is 14.6. The first kappa shape index (κ1) is 47.9. The van der Waals surface area contributed by atoms with Crippen LogP contribution in [-0.4, -0.2) is 129 Å². The van der Waals surface area contributed by atoms with Crippen LogP contribution in [0.1, 0.15) is 81.1 Å². The summed E-state index contributed by atoms with van der Waals surface area (Å²) in [6.07, 6.45) is -3.30. The number of aliphatic hydroxyl groups excluding tert-OH is 1. The smallest absolute Gasteiger partial charge is 0.311 e. The van der Waals surface area contributed by atoms with E-state index in [9.17, 15) is 27.9 Å². The zero-order valence-electron chi connectivity index (χ0n) is 37.5. The Labute approximate surface area is 365 Å². The van der Waals surface area contributed by atoms with Gasteiger partial charge in [0.15, 0.2) is 6.29 Å². The average molecular weight is 888 g/mol. The Balaban J connectivity index is 1.39. The number of sulfonamides is 1. The van der Waals surface area contributed by atoms with Crippen molar-refractivity contribution in [2.24, 2.45) is 29.6 Å². The molecule has 1 aromatic carbocycles. The van der Waals surface area contributed by atoms with Crippen molar-refractivity contribution >= 4 is 27.7 Å². The molecule has 2 bridgehead atoms. The van der Waals surface area contributed by atoms with Crippen molar-refractivity contribution in [2.75, 3.05) is 27.3 Å². The minimum Gasteiger partial charge on any atom is -0.458 e. The molecule has 62 heavy (non-hydrogen) atoms. The van der Waals surface area contributed by atoms with Gasteiger partial charge in [-0.3, -0.25) is 14.4 Å². The number of hydrogen-bond donors (Lipinski definition) is 2.